The Bertz CT molecular complexity index is 925. The van der Waals surface area contributed by atoms with Crippen molar-refractivity contribution in [3.05, 3.63) is 39.9 Å². The van der Waals surface area contributed by atoms with Crippen molar-refractivity contribution in [3.8, 4) is 0 Å². The van der Waals surface area contributed by atoms with Crippen molar-refractivity contribution in [2.75, 3.05) is 13.1 Å². The fraction of sp³-hybridized carbons (Fsp3) is 0.704. The Balaban J connectivity index is 1.48. The Morgan fingerprint density at radius 3 is 2.36 bits per heavy atom. The van der Waals surface area contributed by atoms with Gasteiger partial charge in [0, 0.05) is 55.8 Å². The first kappa shape index (κ1) is 26.5. The average Bonchev–Trinajstić information content (AvgIpc) is 3.70. The quantitative estimate of drug-likeness (QED) is 0.397. The Morgan fingerprint density at radius 2 is 1.78 bits per heavy atom. The van der Waals surface area contributed by atoms with Crippen molar-refractivity contribution >= 4 is 17.5 Å². The first-order valence-corrected chi connectivity index (χ1v) is 13.5. The Hall–Kier alpha value is -2.52. The van der Waals surface area contributed by atoms with Gasteiger partial charge in [-0.15, -0.1) is 0 Å². The van der Waals surface area contributed by atoms with Crippen LogP contribution in [-0.4, -0.2) is 63.8 Å². The SMILES string of the molecule is CC(C)CN(Cc1ccc([N+](=O)[O-])cc1)C1CCN(C(=O)C2CC2)[C@@H](C(=O)NC2CCC(N)CC2)C1. The maximum Gasteiger partial charge on any atom is 0.269 e. The molecule has 1 unspecified atom stereocenters. The number of nitro groups is 1. The Morgan fingerprint density at radius 1 is 1.11 bits per heavy atom. The van der Waals surface area contributed by atoms with Crippen molar-refractivity contribution in [1.82, 2.24) is 15.1 Å². The Labute approximate surface area is 213 Å². The molecule has 36 heavy (non-hydrogen) atoms. The number of carbonyl (C=O) groups is 2. The van der Waals surface area contributed by atoms with E-state index in [-0.39, 0.29) is 46.5 Å². The van der Waals surface area contributed by atoms with Gasteiger partial charge in [-0.1, -0.05) is 26.0 Å². The molecule has 198 valence electrons. The van der Waals surface area contributed by atoms with Gasteiger partial charge in [0.1, 0.15) is 6.04 Å². The van der Waals surface area contributed by atoms with Crippen LogP contribution in [0.15, 0.2) is 24.3 Å². The third-order valence-corrected chi connectivity index (χ3v) is 7.85. The zero-order chi connectivity index (χ0) is 25.8. The number of rotatable bonds is 9. The molecule has 3 N–H and O–H groups in total. The molecule has 0 bridgehead atoms. The molecule has 2 amide bonds. The van der Waals surface area contributed by atoms with E-state index in [1.165, 1.54) is 0 Å². The predicted molar refractivity (Wildman–Crippen MR) is 138 cm³/mol. The molecule has 3 aliphatic rings. The summed E-state index contributed by atoms with van der Waals surface area (Å²) in [5, 5.41) is 14.3. The number of nitrogens with one attached hydrogen (secondary N) is 1. The van der Waals surface area contributed by atoms with Crippen molar-refractivity contribution in [2.45, 2.75) is 95.9 Å². The van der Waals surface area contributed by atoms with Gasteiger partial charge in [0.2, 0.25) is 11.8 Å². The van der Waals surface area contributed by atoms with E-state index >= 15 is 0 Å². The maximum absolute atomic E-state index is 13.5. The molecule has 1 aliphatic heterocycles. The van der Waals surface area contributed by atoms with E-state index in [2.05, 4.69) is 24.1 Å². The number of hydrogen-bond donors (Lipinski definition) is 2. The first-order chi connectivity index (χ1) is 17.2. The number of likely N-dealkylation sites (tertiary alicyclic amines) is 1. The van der Waals surface area contributed by atoms with Crippen LogP contribution in [0, 0.1) is 22.0 Å². The van der Waals surface area contributed by atoms with Crippen LogP contribution in [0.2, 0.25) is 0 Å². The summed E-state index contributed by atoms with van der Waals surface area (Å²) in [6, 6.07) is 6.76. The zero-order valence-corrected chi connectivity index (χ0v) is 21.6. The summed E-state index contributed by atoms with van der Waals surface area (Å²) in [5.74, 6) is 0.600. The highest BCUT2D eigenvalue weighted by molar-refractivity contribution is 5.89. The molecule has 0 spiro atoms. The highest BCUT2D eigenvalue weighted by Gasteiger charge is 2.43. The summed E-state index contributed by atoms with van der Waals surface area (Å²) in [5.41, 5.74) is 7.14. The molecule has 1 heterocycles. The third kappa shape index (κ3) is 6.82. The van der Waals surface area contributed by atoms with Crippen LogP contribution in [0.1, 0.15) is 70.8 Å². The normalized spacial score (nSPS) is 26.8. The molecule has 1 aromatic carbocycles. The van der Waals surface area contributed by atoms with Gasteiger partial charge in [0.15, 0.2) is 0 Å². The molecule has 2 saturated carbocycles. The number of nitrogens with zero attached hydrogens (tertiary/aromatic N) is 3. The molecule has 4 rings (SSSR count). The topological polar surface area (TPSA) is 122 Å². The molecule has 0 aromatic heterocycles. The maximum atomic E-state index is 13.5. The average molecular weight is 500 g/mol. The van der Waals surface area contributed by atoms with Crippen LogP contribution in [-0.2, 0) is 16.1 Å². The molecule has 0 radical (unpaired) electrons. The standard InChI is InChI=1S/C27H41N5O4/c1-18(2)16-30(17-19-3-11-23(12-4-19)32(35)36)24-13-14-31(27(34)20-5-6-20)25(15-24)26(33)29-22-9-7-21(28)8-10-22/h3-4,11-12,18,20-22,24-25H,5-10,13-17,28H2,1-2H3,(H,29,33)/t21?,22?,24?,25-/m1/s1. The van der Waals surface area contributed by atoms with E-state index in [1.807, 2.05) is 17.0 Å². The minimum absolute atomic E-state index is 0.0333. The second-order valence-electron chi connectivity index (χ2n) is 11.4. The number of carbonyl (C=O) groups excluding carboxylic acids is 2. The van der Waals surface area contributed by atoms with E-state index in [4.69, 9.17) is 5.73 Å². The number of amides is 2. The van der Waals surface area contributed by atoms with Crippen molar-refractivity contribution < 1.29 is 14.5 Å². The summed E-state index contributed by atoms with van der Waals surface area (Å²) in [7, 11) is 0. The predicted octanol–water partition coefficient (Wildman–Crippen LogP) is 3.21. The van der Waals surface area contributed by atoms with E-state index < -0.39 is 6.04 Å². The van der Waals surface area contributed by atoms with Crippen LogP contribution in [0.25, 0.3) is 0 Å². The number of piperidine rings is 1. The monoisotopic (exact) mass is 499 g/mol. The van der Waals surface area contributed by atoms with Gasteiger partial charge in [0.05, 0.1) is 4.92 Å². The molecule has 1 saturated heterocycles. The van der Waals surface area contributed by atoms with Crippen LogP contribution in [0.5, 0.6) is 0 Å². The van der Waals surface area contributed by atoms with Crippen LogP contribution >= 0.6 is 0 Å². The summed E-state index contributed by atoms with van der Waals surface area (Å²) in [4.78, 5) is 41.5. The van der Waals surface area contributed by atoms with Crippen LogP contribution in [0.3, 0.4) is 0 Å². The zero-order valence-electron chi connectivity index (χ0n) is 21.6. The van der Waals surface area contributed by atoms with Gasteiger partial charge in [-0.25, -0.2) is 0 Å². The number of hydrogen-bond acceptors (Lipinski definition) is 6. The summed E-state index contributed by atoms with van der Waals surface area (Å²) < 4.78 is 0. The summed E-state index contributed by atoms with van der Waals surface area (Å²) >= 11 is 0. The van der Waals surface area contributed by atoms with E-state index in [1.54, 1.807) is 12.1 Å². The highest BCUT2D eigenvalue weighted by atomic mass is 16.6. The largest absolute Gasteiger partial charge is 0.352 e. The molecule has 1 aromatic rings. The van der Waals surface area contributed by atoms with Gasteiger partial charge in [0.25, 0.3) is 5.69 Å². The second-order valence-corrected chi connectivity index (χ2v) is 11.4. The lowest BCUT2D eigenvalue weighted by Gasteiger charge is -2.44. The molecule has 3 fully saturated rings. The van der Waals surface area contributed by atoms with Gasteiger partial charge in [-0.05, 0) is 62.8 Å². The molecular formula is C27H41N5O4. The number of nitrogens with two attached hydrogens (primary N) is 1. The lowest BCUT2D eigenvalue weighted by molar-refractivity contribution is -0.384. The van der Waals surface area contributed by atoms with E-state index in [9.17, 15) is 19.7 Å². The molecule has 2 aliphatic carbocycles. The lowest BCUT2D eigenvalue weighted by Crippen LogP contribution is -2.59. The first-order valence-electron chi connectivity index (χ1n) is 13.5. The van der Waals surface area contributed by atoms with Crippen molar-refractivity contribution in [2.24, 2.45) is 17.6 Å². The minimum atomic E-state index is -0.459. The number of non-ortho nitro benzene ring substituents is 1. The van der Waals surface area contributed by atoms with Gasteiger partial charge in [-0.3, -0.25) is 24.6 Å². The molecule has 9 heteroatoms. The second kappa shape index (κ2) is 11.7. The van der Waals surface area contributed by atoms with Gasteiger partial charge >= 0.3 is 0 Å². The lowest BCUT2D eigenvalue weighted by atomic mass is 9.90. The van der Waals surface area contributed by atoms with Crippen molar-refractivity contribution in [1.29, 1.82) is 0 Å². The fourth-order valence-electron chi connectivity index (χ4n) is 5.69. The summed E-state index contributed by atoms with van der Waals surface area (Å²) in [6.45, 7) is 6.45. The number of benzene rings is 1. The smallest absolute Gasteiger partial charge is 0.269 e. The summed E-state index contributed by atoms with van der Waals surface area (Å²) in [6.07, 6.45) is 6.89. The molecular weight excluding hydrogens is 458 g/mol. The van der Waals surface area contributed by atoms with Crippen LogP contribution < -0.4 is 11.1 Å². The van der Waals surface area contributed by atoms with Crippen LogP contribution in [0.4, 0.5) is 5.69 Å². The highest BCUT2D eigenvalue weighted by Crippen LogP contribution is 2.34. The molecule has 9 nitrogen and oxygen atoms in total. The Kier molecular flexibility index (Phi) is 8.62. The van der Waals surface area contributed by atoms with Crippen molar-refractivity contribution in [3.63, 3.8) is 0 Å². The van der Waals surface area contributed by atoms with Gasteiger partial charge < -0.3 is 16.0 Å². The molecule has 2 atom stereocenters. The number of nitro benzene ring substituents is 1. The third-order valence-electron chi connectivity index (χ3n) is 7.85. The minimum Gasteiger partial charge on any atom is -0.352 e. The fourth-order valence-corrected chi connectivity index (χ4v) is 5.69. The van der Waals surface area contributed by atoms with E-state index in [0.717, 1.165) is 57.1 Å². The van der Waals surface area contributed by atoms with E-state index in [0.29, 0.717) is 25.4 Å². The van der Waals surface area contributed by atoms with Gasteiger partial charge in [-0.2, -0.15) is 0 Å².